The average molecular weight is 308 g/mol. The number of fused-ring (bicyclic) bond motifs is 3. The van der Waals surface area contributed by atoms with E-state index < -0.39 is 0 Å². The molecule has 0 aromatic carbocycles. The lowest BCUT2D eigenvalue weighted by molar-refractivity contribution is 0.397. The number of aliphatic imine (C=N–C) groups is 1. The molecule has 0 N–H and O–H groups in total. The Bertz CT molecular complexity index is 519. The van der Waals surface area contributed by atoms with Gasteiger partial charge in [-0.05, 0) is 54.0 Å². The molecule has 1 aromatic heterocycles. The zero-order valence-corrected chi connectivity index (χ0v) is 12.2. The molecule has 0 radical (unpaired) electrons. The van der Waals surface area contributed by atoms with Gasteiger partial charge in [0, 0.05) is 18.1 Å². The van der Waals surface area contributed by atoms with Crippen molar-refractivity contribution in [1.29, 1.82) is 0 Å². The van der Waals surface area contributed by atoms with E-state index in [9.17, 15) is 0 Å². The second-order valence-corrected chi connectivity index (χ2v) is 7.05. The lowest BCUT2D eigenvalue weighted by Gasteiger charge is -2.28. The summed E-state index contributed by atoms with van der Waals surface area (Å²) in [6, 6.07) is 0.456. The Morgan fingerprint density at radius 2 is 2.22 bits per heavy atom. The van der Waals surface area contributed by atoms with Crippen LogP contribution in [-0.4, -0.2) is 15.5 Å². The number of nitrogens with zero attached hydrogens (tertiary/aromatic N) is 3. The minimum atomic E-state index is 0.456. The van der Waals surface area contributed by atoms with Crippen molar-refractivity contribution in [3.8, 4) is 0 Å². The molecule has 4 atom stereocenters. The van der Waals surface area contributed by atoms with Crippen molar-refractivity contribution >= 4 is 27.5 Å². The van der Waals surface area contributed by atoms with Crippen molar-refractivity contribution in [3.63, 3.8) is 0 Å². The van der Waals surface area contributed by atoms with Crippen LogP contribution in [0.3, 0.4) is 0 Å². The third-order valence-electron chi connectivity index (χ3n) is 5.06. The number of aromatic nitrogens is 2. The summed E-state index contributed by atoms with van der Waals surface area (Å²) in [5.41, 5.74) is 1.45. The predicted molar refractivity (Wildman–Crippen MR) is 75.3 cm³/mol. The van der Waals surface area contributed by atoms with E-state index >= 15 is 0 Å². The van der Waals surface area contributed by atoms with Crippen molar-refractivity contribution in [1.82, 2.24) is 9.78 Å². The number of hydrogen-bond acceptors (Lipinski definition) is 2. The molecule has 4 unspecified atom stereocenters. The van der Waals surface area contributed by atoms with Crippen LogP contribution in [-0.2, 0) is 0 Å². The summed E-state index contributed by atoms with van der Waals surface area (Å²) < 4.78 is 3.09. The lowest BCUT2D eigenvalue weighted by Crippen LogP contribution is -2.26. The highest BCUT2D eigenvalue weighted by atomic mass is 79.9. The van der Waals surface area contributed by atoms with Gasteiger partial charge in [-0.1, -0.05) is 6.42 Å². The molecule has 0 amide bonds. The van der Waals surface area contributed by atoms with Crippen LogP contribution in [0.25, 0.3) is 0 Å². The first-order valence-corrected chi connectivity index (χ1v) is 7.82. The summed E-state index contributed by atoms with van der Waals surface area (Å²) in [6.45, 7) is 2.25. The first-order chi connectivity index (χ1) is 8.72. The molecule has 2 bridgehead atoms. The lowest BCUT2D eigenvalue weighted by atomic mass is 9.82. The smallest absolute Gasteiger partial charge is 0.165 e. The Balaban J connectivity index is 1.71. The molecule has 4 rings (SSSR count). The van der Waals surface area contributed by atoms with E-state index in [4.69, 9.17) is 4.99 Å². The fourth-order valence-corrected chi connectivity index (χ4v) is 4.58. The first kappa shape index (κ1) is 11.2. The molecule has 3 aliphatic rings. The van der Waals surface area contributed by atoms with Gasteiger partial charge in [0.25, 0.3) is 0 Å². The Labute approximate surface area is 116 Å². The van der Waals surface area contributed by atoms with E-state index in [2.05, 4.69) is 32.6 Å². The van der Waals surface area contributed by atoms with Crippen molar-refractivity contribution in [3.05, 3.63) is 10.7 Å². The van der Waals surface area contributed by atoms with Gasteiger partial charge in [-0.25, -0.2) is 9.67 Å². The van der Waals surface area contributed by atoms with E-state index in [0.717, 1.165) is 34.5 Å². The molecule has 1 aliphatic heterocycles. The third kappa shape index (κ3) is 1.54. The molecule has 0 spiro atoms. The van der Waals surface area contributed by atoms with Crippen LogP contribution in [0.2, 0.25) is 0 Å². The highest BCUT2D eigenvalue weighted by Gasteiger charge is 2.42. The second-order valence-electron chi connectivity index (χ2n) is 6.20. The van der Waals surface area contributed by atoms with Crippen LogP contribution >= 0.6 is 15.9 Å². The van der Waals surface area contributed by atoms with Gasteiger partial charge in [-0.3, -0.25) is 0 Å². The SMILES string of the molecule is CC1CC(C2CC3CCC2C3)=Nc2c(Br)cnn21. The second kappa shape index (κ2) is 3.92. The molecular weight excluding hydrogens is 290 g/mol. The number of halogens is 1. The summed E-state index contributed by atoms with van der Waals surface area (Å²) in [6.07, 6.45) is 8.71. The van der Waals surface area contributed by atoms with Crippen LogP contribution in [0.5, 0.6) is 0 Å². The van der Waals surface area contributed by atoms with E-state index in [1.54, 1.807) is 0 Å². The topological polar surface area (TPSA) is 30.2 Å². The summed E-state index contributed by atoms with van der Waals surface area (Å²) >= 11 is 3.57. The molecular formula is C14H18BrN3. The molecule has 18 heavy (non-hydrogen) atoms. The zero-order chi connectivity index (χ0) is 12.3. The van der Waals surface area contributed by atoms with Gasteiger partial charge in [0.1, 0.15) is 0 Å². The van der Waals surface area contributed by atoms with Gasteiger partial charge in [0.05, 0.1) is 16.7 Å². The van der Waals surface area contributed by atoms with Crippen molar-refractivity contribution in [2.75, 3.05) is 0 Å². The molecule has 96 valence electrons. The normalized spacial score (nSPS) is 37.8. The molecule has 1 aromatic rings. The Morgan fingerprint density at radius 3 is 2.94 bits per heavy atom. The molecule has 3 nitrogen and oxygen atoms in total. The van der Waals surface area contributed by atoms with Crippen molar-refractivity contribution < 1.29 is 0 Å². The van der Waals surface area contributed by atoms with E-state index in [-0.39, 0.29) is 0 Å². The third-order valence-corrected chi connectivity index (χ3v) is 5.62. The van der Waals surface area contributed by atoms with E-state index in [0.29, 0.717) is 6.04 Å². The van der Waals surface area contributed by atoms with Crippen LogP contribution in [0, 0.1) is 17.8 Å². The van der Waals surface area contributed by atoms with Gasteiger partial charge < -0.3 is 0 Å². The van der Waals surface area contributed by atoms with Crippen LogP contribution in [0.1, 0.15) is 45.1 Å². The summed E-state index contributed by atoms with van der Waals surface area (Å²) in [5.74, 6) is 3.72. The van der Waals surface area contributed by atoms with Gasteiger partial charge in [0.15, 0.2) is 5.82 Å². The molecule has 2 heterocycles. The maximum Gasteiger partial charge on any atom is 0.165 e. The van der Waals surface area contributed by atoms with E-state index in [1.807, 2.05) is 6.20 Å². The molecule has 2 saturated carbocycles. The van der Waals surface area contributed by atoms with Crippen molar-refractivity contribution in [2.24, 2.45) is 22.7 Å². The minimum absolute atomic E-state index is 0.456. The largest absolute Gasteiger partial charge is 0.244 e. The summed E-state index contributed by atoms with van der Waals surface area (Å²) in [5, 5.41) is 4.41. The molecule has 2 fully saturated rings. The van der Waals surface area contributed by atoms with Gasteiger partial charge in [0.2, 0.25) is 0 Å². The van der Waals surface area contributed by atoms with Gasteiger partial charge >= 0.3 is 0 Å². The zero-order valence-electron chi connectivity index (χ0n) is 10.6. The molecule has 0 saturated heterocycles. The quantitative estimate of drug-likeness (QED) is 0.767. The first-order valence-electron chi connectivity index (χ1n) is 7.03. The van der Waals surface area contributed by atoms with Gasteiger partial charge in [-0.2, -0.15) is 5.10 Å². The molecule has 4 heteroatoms. The summed E-state index contributed by atoms with van der Waals surface area (Å²) in [4.78, 5) is 4.93. The van der Waals surface area contributed by atoms with Gasteiger partial charge in [-0.15, -0.1) is 0 Å². The van der Waals surface area contributed by atoms with Crippen LogP contribution < -0.4 is 0 Å². The Morgan fingerprint density at radius 1 is 1.33 bits per heavy atom. The molecule has 2 aliphatic carbocycles. The fourth-order valence-electron chi connectivity index (χ4n) is 4.22. The minimum Gasteiger partial charge on any atom is -0.244 e. The van der Waals surface area contributed by atoms with E-state index in [1.165, 1.54) is 31.4 Å². The van der Waals surface area contributed by atoms with Crippen LogP contribution in [0.15, 0.2) is 15.7 Å². The monoisotopic (exact) mass is 307 g/mol. The Kier molecular flexibility index (Phi) is 2.44. The highest BCUT2D eigenvalue weighted by molar-refractivity contribution is 9.10. The maximum absolute atomic E-state index is 4.93. The number of rotatable bonds is 1. The standard InChI is InChI=1S/C14H18BrN3/c1-8-4-13(11-6-9-2-3-10(11)5-9)17-14-12(15)7-16-18(8)14/h7-11H,2-6H2,1H3. The van der Waals surface area contributed by atoms with Crippen LogP contribution in [0.4, 0.5) is 5.82 Å². The maximum atomic E-state index is 4.93. The summed E-state index contributed by atoms with van der Waals surface area (Å²) in [7, 11) is 0. The average Bonchev–Trinajstić information content (AvgIpc) is 3.05. The fraction of sp³-hybridized carbons (Fsp3) is 0.714. The Hall–Kier alpha value is -0.640. The number of hydrogen-bond donors (Lipinski definition) is 0. The van der Waals surface area contributed by atoms with Crippen molar-refractivity contribution in [2.45, 2.75) is 45.1 Å². The highest BCUT2D eigenvalue weighted by Crippen LogP contribution is 2.50. The predicted octanol–water partition coefficient (Wildman–Crippen LogP) is 4.12.